The Kier molecular flexibility index (Phi) is 3.53. The first-order valence-electron chi connectivity index (χ1n) is 6.32. The van der Waals surface area contributed by atoms with Gasteiger partial charge in [0.1, 0.15) is 11.6 Å². The first-order valence-corrected chi connectivity index (χ1v) is 6.32. The molecule has 0 bridgehead atoms. The number of rotatable bonds is 4. The second-order valence-corrected chi connectivity index (χ2v) is 4.40. The molecular weight excluding hydrogens is 289 g/mol. The average molecular weight is 299 g/mol. The number of H-pyrrole nitrogens is 1. The van der Waals surface area contributed by atoms with E-state index in [1.165, 1.54) is 6.07 Å². The molecule has 0 atom stereocenters. The molecular formula is C15H10FN3O3. The van der Waals surface area contributed by atoms with E-state index >= 15 is 0 Å². The zero-order valence-corrected chi connectivity index (χ0v) is 11.2. The number of nitrogens with zero attached hydrogens (tertiary/aromatic N) is 2. The SMILES string of the molecule is O=C(O)c1nn[nH]c1Oc1cccc(-c2ccccc2F)c1. The third-order valence-corrected chi connectivity index (χ3v) is 2.96. The fourth-order valence-electron chi connectivity index (χ4n) is 1.97. The van der Waals surface area contributed by atoms with Gasteiger partial charge in [0.2, 0.25) is 5.69 Å². The number of benzene rings is 2. The summed E-state index contributed by atoms with van der Waals surface area (Å²) in [5.74, 6) is -1.35. The Hall–Kier alpha value is -3.22. The zero-order chi connectivity index (χ0) is 15.5. The number of ether oxygens (including phenoxy) is 1. The molecule has 110 valence electrons. The maximum Gasteiger partial charge on any atom is 0.362 e. The van der Waals surface area contributed by atoms with Gasteiger partial charge in [-0.25, -0.2) is 14.3 Å². The molecule has 22 heavy (non-hydrogen) atoms. The quantitative estimate of drug-likeness (QED) is 0.772. The summed E-state index contributed by atoms with van der Waals surface area (Å²) in [6, 6.07) is 13.0. The van der Waals surface area contributed by atoms with E-state index in [4.69, 9.17) is 9.84 Å². The minimum absolute atomic E-state index is 0.0850. The van der Waals surface area contributed by atoms with Crippen molar-refractivity contribution < 1.29 is 19.0 Å². The van der Waals surface area contributed by atoms with E-state index < -0.39 is 5.97 Å². The Morgan fingerprint density at radius 2 is 2.00 bits per heavy atom. The third-order valence-electron chi connectivity index (χ3n) is 2.96. The van der Waals surface area contributed by atoms with Gasteiger partial charge in [0, 0.05) is 5.56 Å². The van der Waals surface area contributed by atoms with Gasteiger partial charge in [-0.3, -0.25) is 0 Å². The minimum Gasteiger partial charge on any atom is -0.476 e. The summed E-state index contributed by atoms with van der Waals surface area (Å²) >= 11 is 0. The molecule has 0 fully saturated rings. The first kappa shape index (κ1) is 13.7. The van der Waals surface area contributed by atoms with Crippen LogP contribution in [0.4, 0.5) is 4.39 Å². The van der Waals surface area contributed by atoms with E-state index in [9.17, 15) is 9.18 Å². The normalized spacial score (nSPS) is 10.4. The molecule has 2 N–H and O–H groups in total. The number of halogens is 1. The number of nitrogens with one attached hydrogen (secondary N) is 1. The fourth-order valence-corrected chi connectivity index (χ4v) is 1.97. The van der Waals surface area contributed by atoms with Crippen LogP contribution in [0, 0.1) is 5.82 Å². The predicted molar refractivity (Wildman–Crippen MR) is 75.3 cm³/mol. The lowest BCUT2D eigenvalue weighted by Crippen LogP contribution is -1.99. The molecule has 6 nitrogen and oxygen atoms in total. The number of hydrogen-bond donors (Lipinski definition) is 2. The predicted octanol–water partition coefficient (Wildman–Crippen LogP) is 3.10. The van der Waals surface area contributed by atoms with E-state index in [0.29, 0.717) is 16.9 Å². The molecule has 0 aliphatic carbocycles. The van der Waals surface area contributed by atoms with Crippen LogP contribution in [0.2, 0.25) is 0 Å². The van der Waals surface area contributed by atoms with Gasteiger partial charge < -0.3 is 9.84 Å². The van der Waals surface area contributed by atoms with Gasteiger partial charge in [-0.1, -0.05) is 35.5 Å². The molecule has 0 unspecified atom stereocenters. The topological polar surface area (TPSA) is 88.1 Å². The van der Waals surface area contributed by atoms with E-state index in [-0.39, 0.29) is 17.4 Å². The van der Waals surface area contributed by atoms with Gasteiger partial charge >= 0.3 is 5.97 Å². The van der Waals surface area contributed by atoms with Crippen LogP contribution in [-0.4, -0.2) is 26.5 Å². The lowest BCUT2D eigenvalue weighted by molar-refractivity contribution is 0.0687. The highest BCUT2D eigenvalue weighted by Gasteiger charge is 2.17. The highest BCUT2D eigenvalue weighted by Crippen LogP contribution is 2.28. The average Bonchev–Trinajstić information content (AvgIpc) is 2.96. The summed E-state index contributed by atoms with van der Waals surface area (Å²) in [6.45, 7) is 0. The van der Waals surface area contributed by atoms with Crippen molar-refractivity contribution >= 4 is 5.97 Å². The van der Waals surface area contributed by atoms with Gasteiger partial charge in [-0.15, -0.1) is 5.10 Å². The number of carboxylic acids is 1. The summed E-state index contributed by atoms with van der Waals surface area (Å²) in [4.78, 5) is 11.0. The number of carboxylic acid groups (broad SMARTS) is 1. The molecule has 0 spiro atoms. The summed E-state index contributed by atoms with van der Waals surface area (Å²) in [7, 11) is 0. The maximum absolute atomic E-state index is 13.8. The van der Waals surface area contributed by atoms with E-state index in [1.807, 2.05) is 0 Å². The Morgan fingerprint density at radius 3 is 2.77 bits per heavy atom. The maximum atomic E-state index is 13.8. The Bertz CT molecular complexity index is 832. The molecule has 3 rings (SSSR count). The summed E-state index contributed by atoms with van der Waals surface area (Å²) in [6.07, 6.45) is 0. The molecule has 0 saturated heterocycles. The van der Waals surface area contributed by atoms with Gasteiger partial charge in [0.15, 0.2) is 0 Å². The number of hydrogen-bond acceptors (Lipinski definition) is 4. The molecule has 2 aromatic carbocycles. The highest BCUT2D eigenvalue weighted by atomic mass is 19.1. The number of aromatic carboxylic acids is 1. The largest absolute Gasteiger partial charge is 0.476 e. The van der Waals surface area contributed by atoms with Crippen LogP contribution in [0.1, 0.15) is 10.5 Å². The van der Waals surface area contributed by atoms with Gasteiger partial charge in [0.05, 0.1) is 0 Å². The standard InChI is InChI=1S/C15H10FN3O3/c16-12-7-2-1-6-11(12)9-4-3-5-10(8-9)22-14-13(15(20)21)17-19-18-14/h1-8H,(H,20,21)(H,17,18,19). The van der Waals surface area contributed by atoms with Crippen LogP contribution in [0.3, 0.4) is 0 Å². The first-order chi connectivity index (χ1) is 10.6. The Balaban J connectivity index is 1.94. The number of aromatic nitrogens is 3. The summed E-state index contributed by atoms with van der Waals surface area (Å²) in [5.41, 5.74) is 0.713. The van der Waals surface area contributed by atoms with E-state index in [0.717, 1.165) is 0 Å². The van der Waals surface area contributed by atoms with E-state index in [1.54, 1.807) is 42.5 Å². The fraction of sp³-hybridized carbons (Fsp3) is 0. The smallest absolute Gasteiger partial charge is 0.362 e. The molecule has 1 aromatic heterocycles. The van der Waals surface area contributed by atoms with Gasteiger partial charge in [-0.2, -0.15) is 0 Å². The van der Waals surface area contributed by atoms with Crippen LogP contribution in [0.15, 0.2) is 48.5 Å². The van der Waals surface area contributed by atoms with Crippen LogP contribution in [-0.2, 0) is 0 Å². The molecule has 7 heteroatoms. The van der Waals surface area contributed by atoms with Crippen molar-refractivity contribution in [2.24, 2.45) is 0 Å². The lowest BCUT2D eigenvalue weighted by Gasteiger charge is -2.07. The number of aromatic amines is 1. The molecule has 0 radical (unpaired) electrons. The summed E-state index contributed by atoms with van der Waals surface area (Å²) < 4.78 is 19.2. The molecule has 0 aliphatic rings. The van der Waals surface area contributed by atoms with Gasteiger partial charge in [0.25, 0.3) is 5.88 Å². The molecule has 0 amide bonds. The number of carbonyl (C=O) groups is 1. The molecule has 0 aliphatic heterocycles. The lowest BCUT2D eigenvalue weighted by atomic mass is 10.1. The zero-order valence-electron chi connectivity index (χ0n) is 11.2. The second-order valence-electron chi connectivity index (χ2n) is 4.40. The van der Waals surface area contributed by atoms with Crippen molar-refractivity contribution in [3.05, 3.63) is 60.0 Å². The minimum atomic E-state index is -1.26. The Morgan fingerprint density at radius 1 is 1.18 bits per heavy atom. The van der Waals surface area contributed by atoms with Crippen LogP contribution < -0.4 is 4.74 Å². The molecule has 0 saturated carbocycles. The van der Waals surface area contributed by atoms with Crippen molar-refractivity contribution in [2.75, 3.05) is 0 Å². The second kappa shape index (κ2) is 5.65. The monoisotopic (exact) mass is 299 g/mol. The van der Waals surface area contributed by atoms with Crippen molar-refractivity contribution in [1.29, 1.82) is 0 Å². The van der Waals surface area contributed by atoms with Crippen molar-refractivity contribution in [1.82, 2.24) is 15.4 Å². The van der Waals surface area contributed by atoms with Crippen molar-refractivity contribution in [2.45, 2.75) is 0 Å². The Labute approximate surface area is 124 Å². The van der Waals surface area contributed by atoms with E-state index in [2.05, 4.69) is 15.4 Å². The third kappa shape index (κ3) is 2.64. The van der Waals surface area contributed by atoms with Crippen LogP contribution >= 0.6 is 0 Å². The molecule has 3 aromatic rings. The molecule has 1 heterocycles. The van der Waals surface area contributed by atoms with Crippen LogP contribution in [0.5, 0.6) is 11.6 Å². The van der Waals surface area contributed by atoms with Crippen molar-refractivity contribution in [3.8, 4) is 22.8 Å². The van der Waals surface area contributed by atoms with Crippen molar-refractivity contribution in [3.63, 3.8) is 0 Å². The van der Waals surface area contributed by atoms with Crippen LogP contribution in [0.25, 0.3) is 11.1 Å². The highest BCUT2D eigenvalue weighted by molar-refractivity contribution is 5.87. The van der Waals surface area contributed by atoms with Gasteiger partial charge in [-0.05, 0) is 23.8 Å². The summed E-state index contributed by atoms with van der Waals surface area (Å²) in [5, 5.41) is 18.1.